The van der Waals surface area contributed by atoms with Crippen LogP contribution in [0.3, 0.4) is 0 Å². The fourth-order valence-corrected chi connectivity index (χ4v) is 6.00. The molecule has 9 nitrogen and oxygen atoms in total. The first-order valence-electron chi connectivity index (χ1n) is 13.2. The van der Waals surface area contributed by atoms with Crippen molar-refractivity contribution in [3.8, 4) is 22.5 Å². The maximum atomic E-state index is 13.8. The van der Waals surface area contributed by atoms with Crippen molar-refractivity contribution in [2.24, 2.45) is 0 Å². The van der Waals surface area contributed by atoms with Gasteiger partial charge in [-0.15, -0.1) is 10.2 Å². The van der Waals surface area contributed by atoms with Crippen LogP contribution in [-0.2, 0) is 23.2 Å². The third kappa shape index (κ3) is 3.81. The van der Waals surface area contributed by atoms with Gasteiger partial charge in [-0.3, -0.25) is 9.48 Å². The van der Waals surface area contributed by atoms with Crippen molar-refractivity contribution in [3.05, 3.63) is 87.9 Å². The van der Waals surface area contributed by atoms with Crippen LogP contribution in [0.15, 0.2) is 65.5 Å². The number of hydrogen-bond donors (Lipinski definition) is 2. The van der Waals surface area contributed by atoms with Crippen molar-refractivity contribution in [2.75, 3.05) is 0 Å². The smallest absolute Gasteiger partial charge is 0.335 e. The van der Waals surface area contributed by atoms with Gasteiger partial charge < -0.3 is 5.11 Å². The lowest BCUT2D eigenvalue weighted by molar-refractivity contribution is -0.148. The third-order valence-corrected chi connectivity index (χ3v) is 7.94. The lowest BCUT2D eigenvalue weighted by Crippen LogP contribution is -2.52. The molecule has 0 saturated heterocycles. The van der Waals surface area contributed by atoms with E-state index in [4.69, 9.17) is 0 Å². The van der Waals surface area contributed by atoms with Crippen LogP contribution in [0.1, 0.15) is 61.9 Å². The Morgan fingerprint density at radius 3 is 2.58 bits per heavy atom. The maximum Gasteiger partial charge on any atom is 0.335 e. The number of nitrogens with one attached hydrogen (secondary N) is 1. The molecule has 0 fully saturated rings. The third-order valence-electron chi connectivity index (χ3n) is 7.94. The highest BCUT2D eigenvalue weighted by atomic mass is 16.4. The Hall–Kier alpha value is -4.27. The van der Waals surface area contributed by atoms with Crippen LogP contribution in [0, 0.1) is 0 Å². The first-order valence-corrected chi connectivity index (χ1v) is 13.2. The molecule has 3 aliphatic rings. The highest BCUT2D eigenvalue weighted by molar-refractivity contribution is 5.81. The minimum Gasteiger partial charge on any atom is -0.479 e. The maximum absolute atomic E-state index is 13.8. The van der Waals surface area contributed by atoms with Crippen LogP contribution in [0.4, 0.5) is 0 Å². The van der Waals surface area contributed by atoms with Crippen molar-refractivity contribution < 1.29 is 9.90 Å². The SMILES string of the molecule is CCCCCc1c(Cc2ccc(-c3ccccc3-c3nn[nH]n3)cc2)c(=O)n2n1C1(C(=O)O)C=CC2CC1. The number of fused-ring (bicyclic) bond motifs is 1. The second kappa shape index (κ2) is 9.55. The van der Waals surface area contributed by atoms with Gasteiger partial charge in [0.2, 0.25) is 5.82 Å². The summed E-state index contributed by atoms with van der Waals surface area (Å²) in [5, 5.41) is 24.7. The summed E-state index contributed by atoms with van der Waals surface area (Å²) in [7, 11) is 0. The Kier molecular flexibility index (Phi) is 6.06. The summed E-state index contributed by atoms with van der Waals surface area (Å²) in [6, 6.07) is 16.0. The van der Waals surface area contributed by atoms with E-state index < -0.39 is 11.5 Å². The minimum atomic E-state index is -1.18. The average Bonchev–Trinajstić information content (AvgIpc) is 3.59. The number of allylic oxidation sites excluding steroid dienone is 1. The number of unbranched alkanes of at least 4 members (excludes halogenated alkanes) is 2. The molecule has 2 aromatic carbocycles. The first kappa shape index (κ1) is 24.1. The molecule has 2 unspecified atom stereocenters. The molecular weight excluding hydrogens is 480 g/mol. The summed E-state index contributed by atoms with van der Waals surface area (Å²) in [6.45, 7) is 2.14. The molecule has 4 heterocycles. The number of H-pyrrole nitrogens is 1. The van der Waals surface area contributed by atoms with Crippen LogP contribution >= 0.6 is 0 Å². The van der Waals surface area contributed by atoms with Gasteiger partial charge in [-0.25, -0.2) is 9.48 Å². The fraction of sp³-hybridized carbons (Fsp3) is 0.345. The van der Waals surface area contributed by atoms with E-state index >= 15 is 0 Å². The van der Waals surface area contributed by atoms with Crippen molar-refractivity contribution in [1.82, 2.24) is 30.0 Å². The second-order valence-electron chi connectivity index (χ2n) is 10.2. The standard InChI is InChI=1S/C29H30N6O3/c1-2-3-4-9-25-24(27(36)34-21-14-16-29(17-15-21,28(37)38)35(25)34)18-19-10-12-20(13-11-19)22-7-5-6-8-23(22)26-30-32-33-31-26/h5-8,10-14,16,21H,2-4,9,15,17-18H2,1H3,(H,37,38)(H,30,31,32,33). The van der Waals surface area contributed by atoms with Gasteiger partial charge in [-0.1, -0.05) is 74.4 Å². The van der Waals surface area contributed by atoms with E-state index in [9.17, 15) is 14.7 Å². The Morgan fingerprint density at radius 1 is 1.13 bits per heavy atom. The first-order chi connectivity index (χ1) is 18.5. The van der Waals surface area contributed by atoms with E-state index in [1.807, 2.05) is 59.3 Å². The summed E-state index contributed by atoms with van der Waals surface area (Å²) in [4.78, 5) is 26.3. The predicted octanol–water partition coefficient (Wildman–Crippen LogP) is 4.51. The average molecular weight is 511 g/mol. The minimum absolute atomic E-state index is 0.0669. The number of aliphatic carboxylic acids is 1. The van der Waals surface area contributed by atoms with Gasteiger partial charge >= 0.3 is 5.97 Å². The molecule has 194 valence electrons. The summed E-state index contributed by atoms with van der Waals surface area (Å²) in [6.07, 6.45) is 9.02. The van der Waals surface area contributed by atoms with Crippen molar-refractivity contribution in [2.45, 2.75) is 63.5 Å². The molecule has 0 amide bonds. The van der Waals surface area contributed by atoms with Crippen molar-refractivity contribution in [1.29, 1.82) is 0 Å². The number of aromatic amines is 1. The van der Waals surface area contributed by atoms with Crippen molar-refractivity contribution in [3.63, 3.8) is 0 Å². The predicted molar refractivity (Wildman–Crippen MR) is 143 cm³/mol. The zero-order valence-electron chi connectivity index (χ0n) is 21.3. The molecule has 2 aromatic heterocycles. The molecule has 38 heavy (non-hydrogen) atoms. The summed E-state index contributed by atoms with van der Waals surface area (Å²) in [5.41, 5.74) is 4.22. The summed E-state index contributed by atoms with van der Waals surface area (Å²) >= 11 is 0. The molecular formula is C29H30N6O3. The zero-order valence-corrected chi connectivity index (χ0v) is 21.3. The number of hydrogen-bond acceptors (Lipinski definition) is 5. The van der Waals surface area contributed by atoms with Crippen LogP contribution in [0.2, 0.25) is 0 Å². The summed E-state index contributed by atoms with van der Waals surface area (Å²) in [5.74, 6) is -0.368. The number of nitrogens with zero attached hydrogens (tertiary/aromatic N) is 5. The molecule has 7 rings (SSSR count). The van der Waals surface area contributed by atoms with Gasteiger partial charge in [0.15, 0.2) is 5.54 Å². The van der Waals surface area contributed by atoms with E-state index in [-0.39, 0.29) is 11.6 Å². The number of carbonyl (C=O) groups is 1. The zero-order chi connectivity index (χ0) is 26.3. The highest BCUT2D eigenvalue weighted by Crippen LogP contribution is 2.42. The number of carboxylic acids is 1. The van der Waals surface area contributed by atoms with E-state index in [1.54, 1.807) is 10.8 Å². The lowest BCUT2D eigenvalue weighted by Gasteiger charge is -2.43. The van der Waals surface area contributed by atoms with Crippen molar-refractivity contribution >= 4 is 5.97 Å². The Labute approximate surface area is 219 Å². The molecule has 2 bridgehead atoms. The monoisotopic (exact) mass is 510 g/mol. The largest absolute Gasteiger partial charge is 0.479 e. The number of rotatable bonds is 9. The van der Waals surface area contributed by atoms with Crippen LogP contribution in [0.25, 0.3) is 22.5 Å². The molecule has 9 heteroatoms. The van der Waals surface area contributed by atoms with E-state index in [0.717, 1.165) is 47.2 Å². The van der Waals surface area contributed by atoms with E-state index in [2.05, 4.69) is 27.5 Å². The van der Waals surface area contributed by atoms with E-state index in [1.165, 1.54) is 0 Å². The number of carboxylic acid groups (broad SMARTS) is 1. The van der Waals surface area contributed by atoms with Crippen LogP contribution in [-0.4, -0.2) is 41.1 Å². The lowest BCUT2D eigenvalue weighted by atomic mass is 9.83. The quantitative estimate of drug-likeness (QED) is 0.253. The van der Waals surface area contributed by atoms with Gasteiger partial charge in [0, 0.05) is 23.2 Å². The van der Waals surface area contributed by atoms with Crippen LogP contribution in [0.5, 0.6) is 0 Å². The molecule has 0 radical (unpaired) electrons. The second-order valence-corrected chi connectivity index (χ2v) is 10.2. The molecule has 2 N–H and O–H groups in total. The van der Waals surface area contributed by atoms with Gasteiger partial charge in [-0.05, 0) is 53.7 Å². The fourth-order valence-electron chi connectivity index (χ4n) is 6.00. The number of tetrazole rings is 1. The normalized spacial score (nSPS) is 19.6. The topological polar surface area (TPSA) is 119 Å². The Morgan fingerprint density at radius 2 is 1.92 bits per heavy atom. The van der Waals surface area contributed by atoms with Gasteiger partial charge in [0.1, 0.15) is 0 Å². The Balaban J connectivity index is 1.38. The molecule has 2 aliphatic heterocycles. The Bertz CT molecular complexity index is 1560. The molecule has 4 aromatic rings. The number of benzene rings is 2. The molecule has 2 atom stereocenters. The molecule has 0 saturated carbocycles. The van der Waals surface area contributed by atoms with Gasteiger partial charge in [-0.2, -0.15) is 5.21 Å². The number of aromatic nitrogens is 6. The molecule has 1 aliphatic carbocycles. The van der Waals surface area contributed by atoms with Gasteiger partial charge in [0.25, 0.3) is 5.56 Å². The molecule has 0 spiro atoms. The van der Waals surface area contributed by atoms with Crippen LogP contribution < -0.4 is 5.56 Å². The summed E-state index contributed by atoms with van der Waals surface area (Å²) < 4.78 is 3.54. The van der Waals surface area contributed by atoms with Gasteiger partial charge in [0.05, 0.1) is 6.04 Å². The highest BCUT2D eigenvalue weighted by Gasteiger charge is 2.49. The van der Waals surface area contributed by atoms with E-state index in [0.29, 0.717) is 37.1 Å².